The molecule has 3 aromatic rings. The van der Waals surface area contributed by atoms with Crippen LogP contribution in [0.5, 0.6) is 0 Å². The fraction of sp³-hybridized carbons (Fsp3) is 0.429. The lowest BCUT2D eigenvalue weighted by Crippen LogP contribution is -2.36. The van der Waals surface area contributed by atoms with Crippen molar-refractivity contribution < 1.29 is 13.2 Å². The first-order valence-corrected chi connectivity index (χ1v) is 12.8. The number of thiazole rings is 1. The highest BCUT2D eigenvalue weighted by Crippen LogP contribution is 2.34. The average Bonchev–Trinajstić information content (AvgIpc) is 3.52. The van der Waals surface area contributed by atoms with Gasteiger partial charge in [0.05, 0.1) is 24.2 Å². The third kappa shape index (κ3) is 4.19. The molecule has 1 unspecified atom stereocenters. The quantitative estimate of drug-likeness (QED) is 0.543. The molecular weight excluding hydrogens is 448 g/mol. The summed E-state index contributed by atoms with van der Waals surface area (Å²) in [6.45, 7) is 2.85. The normalized spacial score (nSPS) is 19.4. The zero-order chi connectivity index (χ0) is 22.2. The van der Waals surface area contributed by atoms with Gasteiger partial charge in [0.15, 0.2) is 11.1 Å². The van der Waals surface area contributed by atoms with E-state index in [-0.39, 0.29) is 5.91 Å². The average molecular weight is 473 g/mol. The van der Waals surface area contributed by atoms with Crippen molar-refractivity contribution in [2.75, 3.05) is 42.3 Å². The van der Waals surface area contributed by atoms with Crippen LogP contribution in [0.4, 0.5) is 11.5 Å². The van der Waals surface area contributed by atoms with Crippen LogP contribution in [-0.4, -0.2) is 62.4 Å². The summed E-state index contributed by atoms with van der Waals surface area (Å²) in [5.41, 5.74) is 2.58. The van der Waals surface area contributed by atoms with Gasteiger partial charge >= 0.3 is 0 Å². The first kappa shape index (κ1) is 21.2. The van der Waals surface area contributed by atoms with Crippen molar-refractivity contribution in [3.05, 3.63) is 41.3 Å². The van der Waals surface area contributed by atoms with Gasteiger partial charge in [0, 0.05) is 63.2 Å². The van der Waals surface area contributed by atoms with Crippen LogP contribution in [0.3, 0.4) is 0 Å². The summed E-state index contributed by atoms with van der Waals surface area (Å²) in [7, 11) is 1.84. The van der Waals surface area contributed by atoms with Gasteiger partial charge in [-0.05, 0) is 18.6 Å². The molecule has 2 atom stereocenters. The fourth-order valence-corrected chi connectivity index (χ4v) is 5.55. The van der Waals surface area contributed by atoms with Gasteiger partial charge in [-0.2, -0.15) is 5.10 Å². The van der Waals surface area contributed by atoms with E-state index in [9.17, 15) is 9.00 Å². The molecule has 1 amide bonds. The van der Waals surface area contributed by atoms with Gasteiger partial charge in [-0.25, -0.2) is 14.2 Å². The van der Waals surface area contributed by atoms with Crippen molar-refractivity contribution in [3.8, 4) is 10.6 Å². The third-order valence-electron chi connectivity index (χ3n) is 5.79. The third-order valence-corrected chi connectivity index (χ3v) is 7.39. The molecule has 0 aliphatic carbocycles. The zero-order valence-electron chi connectivity index (χ0n) is 17.9. The van der Waals surface area contributed by atoms with Crippen LogP contribution in [0.15, 0.2) is 30.7 Å². The van der Waals surface area contributed by atoms with E-state index in [2.05, 4.69) is 15.0 Å². The summed E-state index contributed by atoms with van der Waals surface area (Å²) in [6, 6.07) is 4.02. The standard InChI is InChI=1S/C21H24N6O3S2/c1-25-12-16(10-23-25)27-8-6-17-19(21(27)28)31-20(24-17)15-3-4-18(22-9-15)26-7-5-14(11-26)13-30-32(2)29/h3-4,9-10,12,14H,5-8,11,13H2,1-2H3/t14-,32?/m0/s1. The van der Waals surface area contributed by atoms with E-state index in [4.69, 9.17) is 9.17 Å². The Kier molecular flexibility index (Phi) is 5.78. The predicted molar refractivity (Wildman–Crippen MR) is 124 cm³/mol. The summed E-state index contributed by atoms with van der Waals surface area (Å²) < 4.78 is 18.1. The summed E-state index contributed by atoms with van der Waals surface area (Å²) in [5, 5.41) is 4.99. The van der Waals surface area contributed by atoms with Gasteiger partial charge in [0.25, 0.3) is 5.91 Å². The number of hydrogen-bond acceptors (Lipinski definition) is 8. The topological polar surface area (TPSA) is 93.5 Å². The Morgan fingerprint density at radius 1 is 1.28 bits per heavy atom. The van der Waals surface area contributed by atoms with Crippen LogP contribution in [0.1, 0.15) is 21.8 Å². The highest BCUT2D eigenvalue weighted by atomic mass is 32.2. The highest BCUT2D eigenvalue weighted by Gasteiger charge is 2.30. The molecule has 32 heavy (non-hydrogen) atoms. The van der Waals surface area contributed by atoms with Crippen LogP contribution in [0.25, 0.3) is 10.6 Å². The summed E-state index contributed by atoms with van der Waals surface area (Å²) in [4.78, 5) is 27.1. The number of amides is 1. The van der Waals surface area contributed by atoms with Crippen molar-refractivity contribution >= 4 is 39.8 Å². The molecule has 0 N–H and O–H groups in total. The second-order valence-electron chi connectivity index (χ2n) is 8.07. The Hall–Kier alpha value is -2.63. The van der Waals surface area contributed by atoms with Gasteiger partial charge < -0.3 is 9.80 Å². The molecule has 168 valence electrons. The Balaban J connectivity index is 1.29. The Bertz CT molecular complexity index is 1160. The number of carbonyl (C=O) groups excluding carboxylic acids is 1. The molecule has 1 fully saturated rings. The number of carbonyl (C=O) groups is 1. The smallest absolute Gasteiger partial charge is 0.270 e. The molecular formula is C21H24N6O3S2. The van der Waals surface area contributed by atoms with E-state index >= 15 is 0 Å². The molecule has 0 radical (unpaired) electrons. The van der Waals surface area contributed by atoms with Crippen molar-refractivity contribution in [3.63, 3.8) is 0 Å². The molecule has 3 aromatic heterocycles. The van der Waals surface area contributed by atoms with Gasteiger partial charge in [-0.1, -0.05) is 0 Å². The van der Waals surface area contributed by atoms with Crippen LogP contribution >= 0.6 is 11.3 Å². The van der Waals surface area contributed by atoms with Crippen molar-refractivity contribution in [1.82, 2.24) is 19.7 Å². The summed E-state index contributed by atoms with van der Waals surface area (Å²) >= 11 is 0.196. The molecule has 2 aliphatic rings. The molecule has 0 saturated carbocycles. The lowest BCUT2D eigenvalue weighted by Gasteiger charge is -2.24. The van der Waals surface area contributed by atoms with E-state index in [1.165, 1.54) is 11.3 Å². The maximum atomic E-state index is 13.0. The summed E-state index contributed by atoms with van der Waals surface area (Å²) in [5.74, 6) is 1.25. The number of anilines is 2. The largest absolute Gasteiger partial charge is 0.356 e. The van der Waals surface area contributed by atoms with Gasteiger partial charge in [-0.3, -0.25) is 13.7 Å². The SMILES string of the molecule is Cn1cc(N2CCc3nc(-c4ccc(N5CC[C@H](COS(C)=O)C5)nc4)sc3C2=O)cn1. The van der Waals surface area contributed by atoms with Crippen molar-refractivity contribution in [2.45, 2.75) is 12.8 Å². The lowest BCUT2D eigenvalue weighted by molar-refractivity contribution is 0.0984. The lowest BCUT2D eigenvalue weighted by atomic mass is 10.1. The first-order valence-electron chi connectivity index (χ1n) is 10.5. The van der Waals surface area contributed by atoms with Crippen molar-refractivity contribution in [1.29, 1.82) is 0 Å². The minimum absolute atomic E-state index is 0.0223. The summed E-state index contributed by atoms with van der Waals surface area (Å²) in [6.07, 6.45) is 8.66. The molecule has 1 saturated heterocycles. The van der Waals surface area contributed by atoms with Crippen LogP contribution in [-0.2, 0) is 28.7 Å². The van der Waals surface area contributed by atoms with E-state index in [1.54, 1.807) is 22.0 Å². The number of aryl methyl sites for hydroxylation is 1. The second-order valence-corrected chi connectivity index (χ2v) is 10.1. The Labute approximate surface area is 192 Å². The molecule has 0 aromatic carbocycles. The van der Waals surface area contributed by atoms with Gasteiger partial charge in [0.1, 0.15) is 15.7 Å². The Morgan fingerprint density at radius 2 is 2.16 bits per heavy atom. The maximum absolute atomic E-state index is 13.0. The molecule has 2 aliphatic heterocycles. The maximum Gasteiger partial charge on any atom is 0.270 e. The number of pyridine rings is 1. The number of nitrogens with zero attached hydrogens (tertiary/aromatic N) is 6. The fourth-order valence-electron chi connectivity index (χ4n) is 4.12. The van der Waals surface area contributed by atoms with E-state index < -0.39 is 11.1 Å². The molecule has 5 rings (SSSR count). The zero-order valence-corrected chi connectivity index (χ0v) is 19.6. The number of aromatic nitrogens is 4. The van der Waals surface area contributed by atoms with Crippen LogP contribution in [0, 0.1) is 5.92 Å². The van der Waals surface area contributed by atoms with E-state index in [0.717, 1.165) is 53.7 Å². The Morgan fingerprint density at radius 3 is 2.88 bits per heavy atom. The minimum atomic E-state index is -1.22. The minimum Gasteiger partial charge on any atom is -0.356 e. The predicted octanol–water partition coefficient (Wildman–Crippen LogP) is 2.28. The van der Waals surface area contributed by atoms with Crippen LogP contribution in [0.2, 0.25) is 0 Å². The molecule has 11 heteroatoms. The molecule has 9 nitrogen and oxygen atoms in total. The molecule has 0 bridgehead atoms. The first-order chi connectivity index (χ1) is 15.5. The van der Waals surface area contributed by atoms with Gasteiger partial charge in [0.2, 0.25) is 0 Å². The second kappa shape index (κ2) is 8.72. The van der Waals surface area contributed by atoms with Crippen LogP contribution < -0.4 is 9.80 Å². The molecule has 0 spiro atoms. The van der Waals surface area contributed by atoms with Crippen molar-refractivity contribution in [2.24, 2.45) is 13.0 Å². The number of rotatable bonds is 6. The van der Waals surface area contributed by atoms with Gasteiger partial charge in [-0.15, -0.1) is 11.3 Å². The van der Waals surface area contributed by atoms with E-state index in [0.29, 0.717) is 23.9 Å². The van der Waals surface area contributed by atoms with E-state index in [1.807, 2.05) is 31.6 Å². The number of fused-ring (bicyclic) bond motifs is 1. The molecule has 5 heterocycles. The highest BCUT2D eigenvalue weighted by molar-refractivity contribution is 7.79. The number of hydrogen-bond donors (Lipinski definition) is 0. The monoisotopic (exact) mass is 472 g/mol.